The number of carbonyl (C=O) groups is 1. The molecule has 4 aromatic rings. The van der Waals surface area contributed by atoms with Crippen molar-refractivity contribution in [1.29, 1.82) is 0 Å². The van der Waals surface area contributed by atoms with Gasteiger partial charge in [0, 0.05) is 30.6 Å². The molecular formula is C23H20Cl2N4O2. The second-order valence-electron chi connectivity index (χ2n) is 6.94. The first-order chi connectivity index (χ1) is 15.0. The number of methoxy groups -OCH3 is 1. The van der Waals surface area contributed by atoms with Gasteiger partial charge in [0.15, 0.2) is 5.65 Å². The number of carbonyl (C=O) groups excluding carboxylic acids is 1. The van der Waals surface area contributed by atoms with Crippen molar-refractivity contribution in [3.05, 3.63) is 82.1 Å². The number of rotatable bonds is 6. The zero-order valence-electron chi connectivity index (χ0n) is 17.0. The summed E-state index contributed by atoms with van der Waals surface area (Å²) in [6.45, 7) is 2.58. The van der Waals surface area contributed by atoms with E-state index in [-0.39, 0.29) is 5.91 Å². The molecule has 2 aromatic carbocycles. The molecule has 0 aliphatic heterocycles. The first-order valence-electron chi connectivity index (χ1n) is 9.67. The lowest BCUT2D eigenvalue weighted by molar-refractivity contribution is 0.0976. The molecule has 0 fully saturated rings. The molecule has 0 N–H and O–H groups in total. The zero-order chi connectivity index (χ0) is 22.0. The van der Waals surface area contributed by atoms with Gasteiger partial charge in [-0.2, -0.15) is 5.10 Å². The van der Waals surface area contributed by atoms with Gasteiger partial charge in [-0.1, -0.05) is 41.4 Å². The van der Waals surface area contributed by atoms with Crippen molar-refractivity contribution in [2.24, 2.45) is 0 Å². The summed E-state index contributed by atoms with van der Waals surface area (Å²) in [5.74, 6) is -0.273. The van der Waals surface area contributed by atoms with Crippen LogP contribution >= 0.6 is 23.2 Å². The fourth-order valence-electron chi connectivity index (χ4n) is 3.40. The number of nitrogens with zero attached hydrogens (tertiary/aromatic N) is 4. The van der Waals surface area contributed by atoms with Crippen LogP contribution < -0.4 is 4.90 Å². The number of benzene rings is 2. The summed E-state index contributed by atoms with van der Waals surface area (Å²) < 4.78 is 6.92. The Morgan fingerprint density at radius 2 is 1.81 bits per heavy atom. The van der Waals surface area contributed by atoms with Crippen molar-refractivity contribution in [2.45, 2.75) is 6.92 Å². The predicted octanol–water partition coefficient (Wildman–Crippen LogP) is 5.33. The smallest absolute Gasteiger partial charge is 0.261 e. The van der Waals surface area contributed by atoms with E-state index in [2.05, 4.69) is 10.1 Å². The molecule has 0 saturated carbocycles. The van der Waals surface area contributed by atoms with Crippen LogP contribution in [0.3, 0.4) is 0 Å². The van der Waals surface area contributed by atoms with Gasteiger partial charge < -0.3 is 9.64 Å². The van der Waals surface area contributed by atoms with E-state index in [0.717, 1.165) is 5.69 Å². The number of pyridine rings is 1. The van der Waals surface area contributed by atoms with Crippen molar-refractivity contribution in [1.82, 2.24) is 14.8 Å². The highest BCUT2D eigenvalue weighted by molar-refractivity contribution is 6.39. The quantitative estimate of drug-likeness (QED) is 0.395. The van der Waals surface area contributed by atoms with E-state index in [1.807, 2.05) is 37.3 Å². The van der Waals surface area contributed by atoms with Gasteiger partial charge >= 0.3 is 0 Å². The molecule has 0 bridgehead atoms. The topological polar surface area (TPSA) is 60.2 Å². The lowest BCUT2D eigenvalue weighted by Crippen LogP contribution is -2.34. The summed E-state index contributed by atoms with van der Waals surface area (Å²) in [4.78, 5) is 19.6. The largest absolute Gasteiger partial charge is 0.383 e. The Bertz CT molecular complexity index is 1220. The summed E-state index contributed by atoms with van der Waals surface area (Å²) in [5.41, 5.74) is 3.16. The second kappa shape index (κ2) is 9.06. The lowest BCUT2D eigenvalue weighted by atomic mass is 10.1. The first kappa shape index (κ1) is 21.3. The van der Waals surface area contributed by atoms with E-state index in [0.29, 0.717) is 51.2 Å². The molecule has 1 amide bonds. The van der Waals surface area contributed by atoms with Crippen LogP contribution in [-0.2, 0) is 4.74 Å². The predicted molar refractivity (Wildman–Crippen MR) is 124 cm³/mol. The molecule has 6 nitrogen and oxygen atoms in total. The summed E-state index contributed by atoms with van der Waals surface area (Å²) in [6, 6.07) is 16.7. The minimum absolute atomic E-state index is 0.273. The van der Waals surface area contributed by atoms with Crippen LogP contribution in [0.25, 0.3) is 16.7 Å². The molecule has 0 aliphatic rings. The fraction of sp³-hybridized carbons (Fsp3) is 0.174. The van der Waals surface area contributed by atoms with Gasteiger partial charge in [-0.05, 0) is 43.3 Å². The first-order valence-corrected chi connectivity index (χ1v) is 10.4. The number of hydrogen-bond donors (Lipinski definition) is 0. The van der Waals surface area contributed by atoms with Gasteiger partial charge in [0.2, 0.25) is 0 Å². The standard InChI is InChI=1S/C23H20Cl2N4O2/c1-15-20-21(25)19(14-26-22(20)29(27-15)18-6-4-3-5-7-18)23(30)28(12-13-31-2)17-10-8-16(24)9-11-17/h3-11,14H,12-13H2,1-2H3. The molecule has 4 rings (SSSR count). The molecule has 2 heterocycles. The molecule has 31 heavy (non-hydrogen) atoms. The normalized spacial score (nSPS) is 11.1. The number of ether oxygens (including phenoxy) is 1. The van der Waals surface area contributed by atoms with Gasteiger partial charge in [0.25, 0.3) is 5.91 Å². The molecule has 0 atom stereocenters. The highest BCUT2D eigenvalue weighted by Crippen LogP contribution is 2.31. The summed E-state index contributed by atoms with van der Waals surface area (Å²) in [5, 5.41) is 6.16. The van der Waals surface area contributed by atoms with Gasteiger partial charge in [-0.25, -0.2) is 9.67 Å². The Hall–Kier alpha value is -2.93. The number of aromatic nitrogens is 3. The third-order valence-electron chi connectivity index (χ3n) is 4.94. The van der Waals surface area contributed by atoms with Crippen molar-refractivity contribution in [2.75, 3.05) is 25.2 Å². The Labute approximate surface area is 190 Å². The third-order valence-corrected chi connectivity index (χ3v) is 5.59. The van der Waals surface area contributed by atoms with E-state index in [4.69, 9.17) is 27.9 Å². The maximum Gasteiger partial charge on any atom is 0.261 e. The van der Waals surface area contributed by atoms with E-state index in [9.17, 15) is 4.79 Å². The average Bonchev–Trinajstić information content (AvgIpc) is 3.13. The number of hydrogen-bond acceptors (Lipinski definition) is 4. The summed E-state index contributed by atoms with van der Waals surface area (Å²) in [6.07, 6.45) is 1.50. The van der Waals surface area contributed by atoms with E-state index >= 15 is 0 Å². The van der Waals surface area contributed by atoms with Gasteiger partial charge in [0.1, 0.15) is 0 Å². The number of anilines is 1. The molecule has 0 aliphatic carbocycles. The van der Waals surface area contributed by atoms with Crippen LogP contribution in [0.5, 0.6) is 0 Å². The summed E-state index contributed by atoms with van der Waals surface area (Å²) in [7, 11) is 1.59. The SMILES string of the molecule is COCCN(C(=O)c1cnc2c(c(C)nn2-c2ccccc2)c1Cl)c1ccc(Cl)cc1. The highest BCUT2D eigenvalue weighted by atomic mass is 35.5. The molecule has 0 saturated heterocycles. The third kappa shape index (κ3) is 4.14. The van der Waals surface area contributed by atoms with Crippen LogP contribution in [0.2, 0.25) is 10.0 Å². The Balaban J connectivity index is 1.79. The van der Waals surface area contributed by atoms with Gasteiger partial charge in [-0.3, -0.25) is 4.79 Å². The molecule has 158 valence electrons. The van der Waals surface area contributed by atoms with E-state index in [1.165, 1.54) is 6.20 Å². The number of aryl methyl sites for hydroxylation is 1. The maximum absolute atomic E-state index is 13.5. The summed E-state index contributed by atoms with van der Waals surface area (Å²) >= 11 is 12.7. The van der Waals surface area contributed by atoms with E-state index < -0.39 is 0 Å². The average molecular weight is 455 g/mol. The van der Waals surface area contributed by atoms with Crippen molar-refractivity contribution in [3.8, 4) is 5.69 Å². The van der Waals surface area contributed by atoms with Crippen LogP contribution in [0.15, 0.2) is 60.8 Å². The van der Waals surface area contributed by atoms with Crippen molar-refractivity contribution >= 4 is 45.8 Å². The Morgan fingerprint density at radius 3 is 2.48 bits per heavy atom. The van der Waals surface area contributed by atoms with Crippen LogP contribution in [0, 0.1) is 6.92 Å². The van der Waals surface area contributed by atoms with Crippen molar-refractivity contribution in [3.63, 3.8) is 0 Å². The Morgan fingerprint density at radius 1 is 1.10 bits per heavy atom. The van der Waals surface area contributed by atoms with Crippen LogP contribution in [0.1, 0.15) is 16.1 Å². The number of amides is 1. The molecular weight excluding hydrogens is 435 g/mol. The maximum atomic E-state index is 13.5. The minimum atomic E-state index is -0.273. The number of para-hydroxylation sites is 1. The second-order valence-corrected chi connectivity index (χ2v) is 7.76. The van der Waals surface area contributed by atoms with E-state index in [1.54, 1.807) is 41.0 Å². The zero-order valence-corrected chi connectivity index (χ0v) is 18.6. The molecule has 0 unspecified atom stereocenters. The molecule has 0 radical (unpaired) electrons. The Kier molecular flexibility index (Phi) is 6.23. The fourth-order valence-corrected chi connectivity index (χ4v) is 3.88. The highest BCUT2D eigenvalue weighted by Gasteiger charge is 2.24. The molecule has 2 aromatic heterocycles. The minimum Gasteiger partial charge on any atom is -0.383 e. The lowest BCUT2D eigenvalue weighted by Gasteiger charge is -2.23. The number of fused-ring (bicyclic) bond motifs is 1. The van der Waals surface area contributed by atoms with Gasteiger partial charge in [0.05, 0.1) is 34.0 Å². The molecule has 0 spiro atoms. The molecule has 8 heteroatoms. The van der Waals surface area contributed by atoms with Crippen molar-refractivity contribution < 1.29 is 9.53 Å². The van der Waals surface area contributed by atoms with Gasteiger partial charge in [-0.15, -0.1) is 0 Å². The number of halogens is 2. The van der Waals surface area contributed by atoms with Crippen LogP contribution in [0.4, 0.5) is 5.69 Å². The van der Waals surface area contributed by atoms with Crippen LogP contribution in [-0.4, -0.2) is 40.9 Å². The monoisotopic (exact) mass is 454 g/mol.